The number of H-pyrrole nitrogens is 1. The van der Waals surface area contributed by atoms with Gasteiger partial charge in [-0.1, -0.05) is 11.3 Å². The third-order valence-electron chi connectivity index (χ3n) is 2.69. The summed E-state index contributed by atoms with van der Waals surface area (Å²) in [6, 6.07) is 2.05. The lowest BCUT2D eigenvalue weighted by Crippen LogP contribution is -2.13. The molecule has 0 saturated heterocycles. The number of nitrogens with zero attached hydrogens (tertiary/aromatic N) is 1. The van der Waals surface area contributed by atoms with Gasteiger partial charge in [0.2, 0.25) is 0 Å². The van der Waals surface area contributed by atoms with Crippen molar-refractivity contribution in [3.8, 4) is 6.07 Å². The van der Waals surface area contributed by atoms with Gasteiger partial charge in [-0.15, -0.1) is 11.8 Å². The third kappa shape index (κ3) is 2.15. The molecule has 8 heteroatoms. The number of hydrogen-bond donors (Lipinski definition) is 2. The number of thiophene rings is 1. The van der Waals surface area contributed by atoms with Crippen molar-refractivity contribution in [3.63, 3.8) is 0 Å². The Morgan fingerprint density at radius 3 is 2.80 bits per heavy atom. The summed E-state index contributed by atoms with van der Waals surface area (Å²) in [5.74, 6) is -0.204. The van der Waals surface area contributed by atoms with Gasteiger partial charge in [0.25, 0.3) is 5.82 Å². The number of nitrogen functional groups attached to an aromatic ring is 2. The van der Waals surface area contributed by atoms with Gasteiger partial charge in [-0.05, 0) is 13.2 Å². The Morgan fingerprint density at radius 2 is 2.25 bits per heavy atom. The number of nitrogens with one attached hydrogen (secondary N) is 1. The van der Waals surface area contributed by atoms with Crippen LogP contribution in [0.5, 0.6) is 0 Å². The van der Waals surface area contributed by atoms with E-state index < -0.39 is 5.97 Å². The number of ether oxygens (including phenoxy) is 1. The highest BCUT2D eigenvalue weighted by Gasteiger charge is 2.25. The SMILES string of the molecule is CCOC(=O)c1sc2[nH+]c(N)c(C#N)c(SC)c2c1N. The van der Waals surface area contributed by atoms with E-state index in [1.54, 1.807) is 6.92 Å². The standard InChI is InChI=1S/C12H12N4O2S2/c1-3-18-12(17)9-7(14)6-8(19-2)5(4-13)10(15)16-11(6)20-9/h3,14H2,1-2H3,(H2,15,16)/p+1. The summed E-state index contributed by atoms with van der Waals surface area (Å²) in [6.07, 6.45) is 1.83. The zero-order valence-corrected chi connectivity index (χ0v) is 12.6. The Bertz CT molecular complexity index is 733. The molecule has 20 heavy (non-hydrogen) atoms. The number of rotatable bonds is 3. The maximum absolute atomic E-state index is 11.9. The van der Waals surface area contributed by atoms with Crippen molar-refractivity contribution in [1.82, 2.24) is 0 Å². The molecule has 0 unspecified atom stereocenters. The number of nitriles is 1. The number of anilines is 2. The highest BCUT2D eigenvalue weighted by Crippen LogP contribution is 2.39. The number of fused-ring (bicyclic) bond motifs is 1. The molecule has 0 amide bonds. The second-order valence-electron chi connectivity index (χ2n) is 3.83. The molecule has 2 aromatic rings. The summed E-state index contributed by atoms with van der Waals surface area (Å²) in [5.41, 5.74) is 12.5. The molecule has 0 aliphatic heterocycles. The first-order chi connectivity index (χ1) is 9.54. The summed E-state index contributed by atoms with van der Waals surface area (Å²) in [4.78, 5) is 16.4. The Labute approximate surface area is 123 Å². The van der Waals surface area contributed by atoms with Crippen LogP contribution in [0.3, 0.4) is 0 Å². The lowest BCUT2D eigenvalue weighted by atomic mass is 10.2. The number of carbonyl (C=O) groups is 1. The van der Waals surface area contributed by atoms with Crippen molar-refractivity contribution in [3.05, 3.63) is 10.4 Å². The molecule has 0 bridgehead atoms. The molecule has 2 aromatic heterocycles. The van der Waals surface area contributed by atoms with E-state index in [2.05, 4.69) is 11.1 Å². The average molecular weight is 309 g/mol. The van der Waals surface area contributed by atoms with Crippen molar-refractivity contribution in [2.24, 2.45) is 0 Å². The molecule has 2 rings (SSSR count). The Kier molecular flexibility index (Phi) is 4.01. The monoisotopic (exact) mass is 309 g/mol. The minimum atomic E-state index is -0.469. The summed E-state index contributed by atoms with van der Waals surface area (Å²) in [7, 11) is 0. The van der Waals surface area contributed by atoms with Gasteiger partial charge in [0.1, 0.15) is 10.9 Å². The van der Waals surface area contributed by atoms with Gasteiger partial charge in [-0.3, -0.25) is 5.73 Å². The minimum Gasteiger partial charge on any atom is -0.462 e. The first kappa shape index (κ1) is 14.4. The van der Waals surface area contributed by atoms with E-state index in [4.69, 9.17) is 16.2 Å². The van der Waals surface area contributed by atoms with Gasteiger partial charge >= 0.3 is 5.97 Å². The second kappa shape index (κ2) is 5.56. The quantitative estimate of drug-likeness (QED) is 0.657. The minimum absolute atomic E-state index is 0.265. The third-order valence-corrected chi connectivity index (χ3v) is 4.61. The number of aromatic nitrogens is 1. The van der Waals surface area contributed by atoms with Gasteiger partial charge in [-0.25, -0.2) is 9.78 Å². The molecule has 104 valence electrons. The number of carbonyl (C=O) groups excluding carboxylic acids is 1. The Morgan fingerprint density at radius 1 is 1.55 bits per heavy atom. The maximum atomic E-state index is 11.9. The fourth-order valence-corrected chi connectivity index (χ4v) is 3.73. The van der Waals surface area contributed by atoms with Crippen molar-refractivity contribution in [1.29, 1.82) is 5.26 Å². The number of thioether (sulfide) groups is 1. The molecule has 2 heterocycles. The van der Waals surface area contributed by atoms with Gasteiger partial charge in [-0.2, -0.15) is 5.26 Å². The van der Waals surface area contributed by atoms with E-state index in [0.717, 1.165) is 0 Å². The zero-order valence-electron chi connectivity index (χ0n) is 10.9. The van der Waals surface area contributed by atoms with Gasteiger partial charge < -0.3 is 10.5 Å². The molecule has 0 atom stereocenters. The molecule has 6 nitrogen and oxygen atoms in total. The van der Waals surface area contributed by atoms with Crippen molar-refractivity contribution >= 4 is 50.8 Å². The summed E-state index contributed by atoms with van der Waals surface area (Å²) in [5, 5.41) is 9.84. The van der Waals surface area contributed by atoms with Crippen LogP contribution >= 0.6 is 23.1 Å². The highest BCUT2D eigenvalue weighted by molar-refractivity contribution is 7.99. The number of pyridine rings is 1. The van der Waals surface area contributed by atoms with Crippen LogP contribution in [0.15, 0.2) is 4.90 Å². The zero-order chi connectivity index (χ0) is 14.9. The topological polar surface area (TPSA) is 116 Å². The Hall–Kier alpha value is -1.98. The molecule has 5 N–H and O–H groups in total. The predicted octanol–water partition coefficient (Wildman–Crippen LogP) is 1.65. The average Bonchev–Trinajstić information content (AvgIpc) is 2.74. The van der Waals surface area contributed by atoms with E-state index in [1.807, 2.05) is 6.26 Å². The van der Waals surface area contributed by atoms with Gasteiger partial charge in [0.05, 0.1) is 17.7 Å². The van der Waals surface area contributed by atoms with Crippen LogP contribution < -0.4 is 16.5 Å². The summed E-state index contributed by atoms with van der Waals surface area (Å²) < 4.78 is 4.97. The number of hydrogen-bond acceptors (Lipinski definition) is 7. The highest BCUT2D eigenvalue weighted by atomic mass is 32.2. The van der Waals surface area contributed by atoms with Crippen LogP contribution in [0.1, 0.15) is 22.2 Å². The van der Waals surface area contributed by atoms with Crippen LogP contribution in [0.2, 0.25) is 0 Å². The van der Waals surface area contributed by atoms with E-state index in [0.29, 0.717) is 31.2 Å². The van der Waals surface area contributed by atoms with Crippen LogP contribution in [-0.2, 0) is 4.74 Å². The van der Waals surface area contributed by atoms with E-state index >= 15 is 0 Å². The fourth-order valence-electron chi connectivity index (χ4n) is 1.85. The van der Waals surface area contributed by atoms with Crippen LogP contribution in [0, 0.1) is 11.3 Å². The number of aromatic amines is 1. The lowest BCUT2D eigenvalue weighted by molar-refractivity contribution is -0.324. The molecule has 0 radical (unpaired) electrons. The van der Waals surface area contributed by atoms with Crippen LogP contribution in [-0.4, -0.2) is 18.8 Å². The predicted molar refractivity (Wildman–Crippen MR) is 79.7 cm³/mol. The normalized spacial score (nSPS) is 10.4. The molecule has 0 aliphatic carbocycles. The first-order valence-corrected chi connectivity index (χ1v) is 7.77. The van der Waals surface area contributed by atoms with E-state index in [9.17, 15) is 10.1 Å². The molecule has 0 spiro atoms. The van der Waals surface area contributed by atoms with Crippen molar-refractivity contribution in [2.75, 3.05) is 24.3 Å². The Balaban J connectivity index is 2.79. The maximum Gasteiger partial charge on any atom is 0.350 e. The summed E-state index contributed by atoms with van der Waals surface area (Å²) >= 11 is 2.55. The van der Waals surface area contributed by atoms with Gasteiger partial charge in [0.15, 0.2) is 10.4 Å². The van der Waals surface area contributed by atoms with Crippen molar-refractivity contribution in [2.45, 2.75) is 11.8 Å². The van der Waals surface area contributed by atoms with E-state index in [-0.39, 0.29) is 12.4 Å². The van der Waals surface area contributed by atoms with Crippen LogP contribution in [0.25, 0.3) is 10.2 Å². The van der Waals surface area contributed by atoms with Crippen molar-refractivity contribution < 1.29 is 14.5 Å². The molecular weight excluding hydrogens is 296 g/mol. The fraction of sp³-hybridized carbons (Fsp3) is 0.250. The molecule has 0 fully saturated rings. The largest absolute Gasteiger partial charge is 0.462 e. The molecule has 0 aromatic carbocycles. The van der Waals surface area contributed by atoms with Crippen LogP contribution in [0.4, 0.5) is 11.5 Å². The summed E-state index contributed by atoms with van der Waals surface area (Å²) in [6.45, 7) is 2.00. The van der Waals surface area contributed by atoms with Gasteiger partial charge in [0, 0.05) is 4.90 Å². The second-order valence-corrected chi connectivity index (χ2v) is 5.67. The smallest absolute Gasteiger partial charge is 0.350 e. The first-order valence-electron chi connectivity index (χ1n) is 5.73. The number of nitrogens with two attached hydrogens (primary N) is 2. The lowest BCUT2D eigenvalue weighted by Gasteiger charge is -2.03. The molecular formula is C12H13N4O2S2+. The number of esters is 1. The molecule has 0 saturated carbocycles. The van der Waals surface area contributed by atoms with E-state index in [1.165, 1.54) is 23.1 Å². The molecule has 0 aliphatic rings.